The molecular weight excluding hydrogens is 476 g/mol. The van der Waals surface area contributed by atoms with E-state index in [1.54, 1.807) is 12.1 Å². The molecular formula is C21H24BrClN2O5. The summed E-state index contributed by atoms with van der Waals surface area (Å²) in [5.74, 6) is -0.482. The molecule has 0 heterocycles. The van der Waals surface area contributed by atoms with Crippen LogP contribution in [0.1, 0.15) is 36.7 Å². The molecule has 1 amide bonds. The van der Waals surface area contributed by atoms with Gasteiger partial charge in [0, 0.05) is 27.8 Å². The number of methoxy groups -OCH3 is 1. The molecule has 0 radical (unpaired) electrons. The summed E-state index contributed by atoms with van der Waals surface area (Å²) < 4.78 is 11.9. The van der Waals surface area contributed by atoms with Crippen molar-refractivity contribution in [2.75, 3.05) is 19.0 Å². The summed E-state index contributed by atoms with van der Waals surface area (Å²) in [7, 11) is 1.51. The first-order valence-corrected chi connectivity index (χ1v) is 10.2. The molecule has 9 heteroatoms. The molecule has 162 valence electrons. The number of carbonyl (C=O) groups is 2. The van der Waals surface area contributed by atoms with Crippen molar-refractivity contribution >= 4 is 45.1 Å². The van der Waals surface area contributed by atoms with Crippen LogP contribution in [-0.4, -0.2) is 36.2 Å². The number of anilines is 1. The van der Waals surface area contributed by atoms with Gasteiger partial charge in [-0.05, 0) is 51.1 Å². The van der Waals surface area contributed by atoms with Gasteiger partial charge in [0.1, 0.15) is 0 Å². The van der Waals surface area contributed by atoms with Gasteiger partial charge in [0.25, 0.3) is 5.91 Å². The molecule has 0 aliphatic carbocycles. The summed E-state index contributed by atoms with van der Waals surface area (Å²) in [5, 5.41) is 15.4. The minimum absolute atomic E-state index is 0.00157. The first-order valence-electron chi connectivity index (χ1n) is 9.07. The van der Waals surface area contributed by atoms with Gasteiger partial charge >= 0.3 is 5.97 Å². The van der Waals surface area contributed by atoms with E-state index in [-0.39, 0.29) is 35.2 Å². The highest BCUT2D eigenvalue weighted by atomic mass is 79.9. The fourth-order valence-electron chi connectivity index (χ4n) is 2.65. The summed E-state index contributed by atoms with van der Waals surface area (Å²) in [6, 6.07) is 8.19. The van der Waals surface area contributed by atoms with E-state index in [1.165, 1.54) is 19.2 Å². The van der Waals surface area contributed by atoms with Gasteiger partial charge in [-0.3, -0.25) is 4.79 Å². The Morgan fingerprint density at radius 3 is 2.50 bits per heavy atom. The molecule has 0 spiro atoms. The lowest BCUT2D eigenvalue weighted by atomic mass is 10.1. The van der Waals surface area contributed by atoms with E-state index in [4.69, 9.17) is 21.1 Å². The lowest BCUT2D eigenvalue weighted by molar-refractivity contribution is -0.124. The Hall–Kier alpha value is -2.45. The van der Waals surface area contributed by atoms with Crippen LogP contribution >= 0.6 is 27.5 Å². The lowest BCUT2D eigenvalue weighted by Crippen LogP contribution is -2.43. The molecule has 30 heavy (non-hydrogen) atoms. The normalized spacial score (nSPS) is 11.0. The summed E-state index contributed by atoms with van der Waals surface area (Å²) in [5.41, 5.74) is 0.914. The smallest absolute Gasteiger partial charge is 0.337 e. The molecule has 2 rings (SSSR count). The summed E-state index contributed by atoms with van der Waals surface area (Å²) >= 11 is 9.42. The van der Waals surface area contributed by atoms with Crippen LogP contribution in [0.3, 0.4) is 0 Å². The van der Waals surface area contributed by atoms with Crippen molar-refractivity contribution in [1.82, 2.24) is 5.32 Å². The third-order valence-electron chi connectivity index (χ3n) is 3.92. The number of carbonyl (C=O) groups excluding carboxylic acids is 1. The van der Waals surface area contributed by atoms with Crippen LogP contribution in [0, 0.1) is 0 Å². The molecule has 0 bridgehead atoms. The number of benzene rings is 2. The Morgan fingerprint density at radius 1 is 1.20 bits per heavy atom. The van der Waals surface area contributed by atoms with Crippen LogP contribution in [0.25, 0.3) is 0 Å². The van der Waals surface area contributed by atoms with Gasteiger partial charge in [0.2, 0.25) is 0 Å². The largest absolute Gasteiger partial charge is 0.493 e. The first-order chi connectivity index (χ1) is 14.0. The predicted molar refractivity (Wildman–Crippen MR) is 120 cm³/mol. The Morgan fingerprint density at radius 2 is 1.90 bits per heavy atom. The van der Waals surface area contributed by atoms with E-state index < -0.39 is 5.97 Å². The van der Waals surface area contributed by atoms with Gasteiger partial charge in [0.15, 0.2) is 18.1 Å². The zero-order chi connectivity index (χ0) is 22.5. The molecule has 0 aliphatic rings. The van der Waals surface area contributed by atoms with Crippen molar-refractivity contribution < 1.29 is 24.2 Å². The topological polar surface area (TPSA) is 96.9 Å². The van der Waals surface area contributed by atoms with Gasteiger partial charge < -0.3 is 25.2 Å². The van der Waals surface area contributed by atoms with Crippen molar-refractivity contribution in [3.63, 3.8) is 0 Å². The molecule has 0 saturated heterocycles. The fraction of sp³-hybridized carbons (Fsp3) is 0.333. The first kappa shape index (κ1) is 23.8. The molecule has 3 N–H and O–H groups in total. The van der Waals surface area contributed by atoms with Gasteiger partial charge in [0.05, 0.1) is 17.7 Å². The average Bonchev–Trinajstić information content (AvgIpc) is 2.65. The Bertz CT molecular complexity index is 944. The maximum Gasteiger partial charge on any atom is 0.337 e. The molecule has 2 aromatic carbocycles. The highest BCUT2D eigenvalue weighted by Crippen LogP contribution is 2.37. The SMILES string of the molecule is COc1ccc(Br)c(CNc2ccc(Cl)c(C(=O)O)c2)c1OCC(=O)NC(C)(C)C. The van der Waals surface area contributed by atoms with E-state index in [1.807, 2.05) is 26.8 Å². The fourth-order valence-corrected chi connectivity index (χ4v) is 3.30. The second kappa shape index (κ2) is 10.0. The third-order valence-corrected chi connectivity index (χ3v) is 4.99. The second-order valence-electron chi connectivity index (χ2n) is 7.50. The number of hydrogen-bond acceptors (Lipinski definition) is 5. The van der Waals surface area contributed by atoms with E-state index in [0.717, 1.165) is 4.47 Å². The second-order valence-corrected chi connectivity index (χ2v) is 8.76. The number of rotatable bonds is 8. The lowest BCUT2D eigenvalue weighted by Gasteiger charge is -2.22. The minimum atomic E-state index is -1.11. The molecule has 2 aromatic rings. The summed E-state index contributed by atoms with van der Waals surface area (Å²) in [6.45, 7) is 5.77. The third kappa shape index (κ3) is 6.53. The van der Waals surface area contributed by atoms with Crippen LogP contribution in [0.5, 0.6) is 11.5 Å². The maximum absolute atomic E-state index is 12.2. The molecule has 0 aliphatic heterocycles. The van der Waals surface area contributed by atoms with Crippen LogP contribution < -0.4 is 20.1 Å². The van der Waals surface area contributed by atoms with Gasteiger partial charge in [-0.15, -0.1) is 0 Å². The number of halogens is 2. The predicted octanol–water partition coefficient (Wildman–Crippen LogP) is 4.71. The van der Waals surface area contributed by atoms with Crippen molar-refractivity contribution in [3.8, 4) is 11.5 Å². The standard InChI is InChI=1S/C21H24BrClN2O5/c1-21(2,3)25-18(26)11-30-19-14(15(22)6-8-17(19)29-4)10-24-12-5-7-16(23)13(9-12)20(27)28/h5-9,24H,10-11H2,1-4H3,(H,25,26)(H,27,28). The van der Waals surface area contributed by atoms with Crippen molar-refractivity contribution in [1.29, 1.82) is 0 Å². The van der Waals surface area contributed by atoms with E-state index in [2.05, 4.69) is 26.6 Å². The number of carboxylic acid groups (broad SMARTS) is 1. The van der Waals surface area contributed by atoms with Gasteiger partial charge in [-0.1, -0.05) is 27.5 Å². The Labute approximate surface area is 188 Å². The molecule has 0 aromatic heterocycles. The van der Waals surface area contributed by atoms with Crippen LogP contribution in [0.4, 0.5) is 5.69 Å². The molecule has 0 atom stereocenters. The van der Waals surface area contributed by atoms with Gasteiger partial charge in [-0.2, -0.15) is 0 Å². The van der Waals surface area contributed by atoms with Crippen molar-refractivity contribution in [2.45, 2.75) is 32.9 Å². The van der Waals surface area contributed by atoms with Crippen LogP contribution in [0.15, 0.2) is 34.8 Å². The summed E-state index contributed by atoms with van der Waals surface area (Å²) in [6.07, 6.45) is 0. The van der Waals surface area contributed by atoms with Gasteiger partial charge in [-0.25, -0.2) is 4.79 Å². The highest BCUT2D eigenvalue weighted by Gasteiger charge is 2.19. The van der Waals surface area contributed by atoms with E-state index in [9.17, 15) is 14.7 Å². The number of nitrogens with one attached hydrogen (secondary N) is 2. The zero-order valence-electron chi connectivity index (χ0n) is 17.1. The number of hydrogen-bond donors (Lipinski definition) is 3. The molecule has 0 saturated carbocycles. The number of amides is 1. The maximum atomic E-state index is 12.2. The monoisotopic (exact) mass is 498 g/mol. The summed E-state index contributed by atoms with van der Waals surface area (Å²) in [4.78, 5) is 23.5. The Kier molecular flexibility index (Phi) is 7.97. The zero-order valence-corrected chi connectivity index (χ0v) is 19.5. The van der Waals surface area contributed by atoms with Crippen LogP contribution in [-0.2, 0) is 11.3 Å². The number of carboxylic acids is 1. The number of aromatic carboxylic acids is 1. The molecule has 0 fully saturated rings. The Balaban J connectivity index is 2.24. The van der Waals surface area contributed by atoms with E-state index >= 15 is 0 Å². The quantitative estimate of drug-likeness (QED) is 0.486. The molecule has 0 unspecified atom stereocenters. The van der Waals surface area contributed by atoms with Crippen molar-refractivity contribution in [2.24, 2.45) is 0 Å². The molecule has 7 nitrogen and oxygen atoms in total. The highest BCUT2D eigenvalue weighted by molar-refractivity contribution is 9.10. The van der Waals surface area contributed by atoms with E-state index in [0.29, 0.717) is 22.7 Å². The average molecular weight is 500 g/mol. The number of ether oxygens (including phenoxy) is 2. The minimum Gasteiger partial charge on any atom is -0.493 e. The van der Waals surface area contributed by atoms with Crippen LogP contribution in [0.2, 0.25) is 5.02 Å². The van der Waals surface area contributed by atoms with Crippen molar-refractivity contribution in [3.05, 3.63) is 51.0 Å².